The molecule has 0 bridgehead atoms. The molecule has 6 heteroatoms. The van der Waals surface area contributed by atoms with Gasteiger partial charge in [0.15, 0.2) is 0 Å². The molecule has 0 aliphatic heterocycles. The van der Waals surface area contributed by atoms with Gasteiger partial charge in [-0.1, -0.05) is 23.7 Å². The Balaban J connectivity index is 2.14. The van der Waals surface area contributed by atoms with Crippen molar-refractivity contribution in [3.05, 3.63) is 60.0 Å². The van der Waals surface area contributed by atoms with Crippen LogP contribution in [0.3, 0.4) is 0 Å². The first kappa shape index (κ1) is 14.5. The Hall–Kier alpha value is -1.88. The van der Waals surface area contributed by atoms with Gasteiger partial charge < -0.3 is 9.47 Å². The van der Waals surface area contributed by atoms with Crippen molar-refractivity contribution < 1.29 is 22.6 Å². The maximum absolute atomic E-state index is 12.1. The zero-order chi connectivity index (χ0) is 14.8. The maximum Gasteiger partial charge on any atom is 0.573 e. The first-order valence-electron chi connectivity index (χ1n) is 5.49. The van der Waals surface area contributed by atoms with Crippen LogP contribution in [-0.2, 0) is 0 Å². The number of alkyl halides is 3. The molecule has 2 rings (SSSR count). The molecule has 0 atom stereocenters. The Bertz CT molecular complexity index is 594. The number of halogens is 4. The minimum Gasteiger partial charge on any atom is -0.457 e. The lowest BCUT2D eigenvalue weighted by Gasteiger charge is -2.12. The molecule has 20 heavy (non-hydrogen) atoms. The molecule has 0 unspecified atom stereocenters. The zero-order valence-corrected chi connectivity index (χ0v) is 10.8. The highest BCUT2D eigenvalue weighted by Gasteiger charge is 2.32. The molecule has 0 saturated carbocycles. The SMILES string of the molecule is [CH2]c1ccc(Oc2ccc(OC(F)(F)F)c(Cl)c2)cc1. The standard InChI is InChI=1S/C14H9ClF3O2/c1-9-2-4-10(5-3-9)19-11-6-7-13(12(15)8-11)20-14(16,17)18/h2-8H,1H2. The molecule has 2 aromatic rings. The summed E-state index contributed by atoms with van der Waals surface area (Å²) in [5, 5.41) is -0.186. The Labute approximate surface area is 118 Å². The van der Waals surface area contributed by atoms with Gasteiger partial charge in [0, 0.05) is 6.07 Å². The Morgan fingerprint density at radius 2 is 1.55 bits per heavy atom. The van der Waals surface area contributed by atoms with Crippen LogP contribution in [0.2, 0.25) is 5.02 Å². The third-order valence-corrected chi connectivity index (χ3v) is 2.58. The smallest absolute Gasteiger partial charge is 0.457 e. The fraction of sp³-hybridized carbons (Fsp3) is 0.0714. The predicted molar refractivity (Wildman–Crippen MR) is 69.1 cm³/mol. The van der Waals surface area contributed by atoms with Gasteiger partial charge in [-0.15, -0.1) is 13.2 Å². The van der Waals surface area contributed by atoms with Gasteiger partial charge in [0.25, 0.3) is 0 Å². The van der Waals surface area contributed by atoms with Gasteiger partial charge in [0.2, 0.25) is 0 Å². The van der Waals surface area contributed by atoms with Crippen LogP contribution in [0.1, 0.15) is 5.56 Å². The van der Waals surface area contributed by atoms with Crippen LogP contribution in [0.15, 0.2) is 42.5 Å². The Kier molecular flexibility index (Phi) is 4.09. The molecule has 105 valence electrons. The van der Waals surface area contributed by atoms with E-state index in [0.29, 0.717) is 11.5 Å². The van der Waals surface area contributed by atoms with Gasteiger partial charge in [-0.3, -0.25) is 0 Å². The van der Waals surface area contributed by atoms with Crippen LogP contribution in [0.4, 0.5) is 13.2 Å². The van der Waals surface area contributed by atoms with Crippen LogP contribution >= 0.6 is 11.6 Å². The number of hydrogen-bond donors (Lipinski definition) is 0. The highest BCUT2D eigenvalue weighted by Crippen LogP contribution is 2.34. The summed E-state index contributed by atoms with van der Waals surface area (Å²) in [6.45, 7) is 3.73. The predicted octanol–water partition coefficient (Wildman–Crippen LogP) is 5.21. The summed E-state index contributed by atoms with van der Waals surface area (Å²) in [6, 6.07) is 10.6. The second-order valence-corrected chi connectivity index (χ2v) is 4.29. The van der Waals surface area contributed by atoms with E-state index in [4.69, 9.17) is 16.3 Å². The molecule has 0 amide bonds. The highest BCUT2D eigenvalue weighted by molar-refractivity contribution is 6.32. The van der Waals surface area contributed by atoms with E-state index >= 15 is 0 Å². The van der Waals surface area contributed by atoms with E-state index in [1.807, 2.05) is 0 Å². The number of ether oxygens (including phenoxy) is 2. The third-order valence-electron chi connectivity index (χ3n) is 2.29. The molecule has 0 fully saturated rings. The van der Waals surface area contributed by atoms with Gasteiger partial charge in [-0.05, 0) is 36.8 Å². The number of benzene rings is 2. The Morgan fingerprint density at radius 3 is 2.10 bits per heavy atom. The summed E-state index contributed by atoms with van der Waals surface area (Å²) in [4.78, 5) is 0. The van der Waals surface area contributed by atoms with E-state index in [-0.39, 0.29) is 5.02 Å². The van der Waals surface area contributed by atoms with Gasteiger partial charge in [0.1, 0.15) is 17.2 Å². The van der Waals surface area contributed by atoms with Crippen molar-refractivity contribution in [2.45, 2.75) is 6.36 Å². The van der Waals surface area contributed by atoms with E-state index in [1.54, 1.807) is 24.3 Å². The summed E-state index contributed by atoms with van der Waals surface area (Å²) in [5.74, 6) is 0.360. The van der Waals surface area contributed by atoms with E-state index in [1.165, 1.54) is 12.1 Å². The van der Waals surface area contributed by atoms with E-state index in [9.17, 15) is 13.2 Å². The van der Waals surface area contributed by atoms with Crippen LogP contribution in [0, 0.1) is 6.92 Å². The molecular weight excluding hydrogens is 293 g/mol. The second-order valence-electron chi connectivity index (χ2n) is 3.89. The van der Waals surface area contributed by atoms with E-state index in [2.05, 4.69) is 11.7 Å². The second kappa shape index (κ2) is 5.63. The van der Waals surface area contributed by atoms with Crippen molar-refractivity contribution in [3.8, 4) is 17.2 Å². The van der Waals surface area contributed by atoms with Gasteiger partial charge in [-0.25, -0.2) is 0 Å². The topological polar surface area (TPSA) is 18.5 Å². The molecule has 2 nitrogen and oxygen atoms in total. The molecule has 0 aliphatic carbocycles. The fourth-order valence-corrected chi connectivity index (χ4v) is 1.66. The van der Waals surface area contributed by atoms with Crippen molar-refractivity contribution in [2.24, 2.45) is 0 Å². The molecule has 0 saturated heterocycles. The lowest BCUT2D eigenvalue weighted by molar-refractivity contribution is -0.274. The summed E-state index contributed by atoms with van der Waals surface area (Å²) >= 11 is 5.71. The lowest BCUT2D eigenvalue weighted by atomic mass is 10.2. The monoisotopic (exact) mass is 301 g/mol. The lowest BCUT2D eigenvalue weighted by Crippen LogP contribution is -2.17. The van der Waals surface area contributed by atoms with Crippen molar-refractivity contribution in [1.29, 1.82) is 0 Å². The van der Waals surface area contributed by atoms with Crippen molar-refractivity contribution in [2.75, 3.05) is 0 Å². The quantitative estimate of drug-likeness (QED) is 0.774. The normalized spacial score (nSPS) is 11.2. The molecule has 0 aromatic heterocycles. The molecule has 0 heterocycles. The van der Waals surface area contributed by atoms with Gasteiger partial charge >= 0.3 is 6.36 Å². The molecule has 1 radical (unpaired) electrons. The van der Waals surface area contributed by atoms with Gasteiger partial charge in [0.05, 0.1) is 5.02 Å². The minimum atomic E-state index is -4.78. The van der Waals surface area contributed by atoms with Crippen LogP contribution in [0.5, 0.6) is 17.2 Å². The van der Waals surface area contributed by atoms with Crippen LogP contribution < -0.4 is 9.47 Å². The van der Waals surface area contributed by atoms with Crippen molar-refractivity contribution in [3.63, 3.8) is 0 Å². The largest absolute Gasteiger partial charge is 0.573 e. The van der Waals surface area contributed by atoms with Crippen LogP contribution in [0.25, 0.3) is 0 Å². The highest BCUT2D eigenvalue weighted by atomic mass is 35.5. The average molecular weight is 302 g/mol. The summed E-state index contributed by atoms with van der Waals surface area (Å²) in [5.41, 5.74) is 0.823. The number of hydrogen-bond acceptors (Lipinski definition) is 2. The zero-order valence-electron chi connectivity index (χ0n) is 10.1. The van der Waals surface area contributed by atoms with E-state index < -0.39 is 12.1 Å². The molecule has 0 spiro atoms. The fourth-order valence-electron chi connectivity index (χ4n) is 1.45. The van der Waals surface area contributed by atoms with Crippen molar-refractivity contribution >= 4 is 11.6 Å². The summed E-state index contributed by atoms with van der Waals surface area (Å²) < 4.78 is 45.5. The first-order valence-corrected chi connectivity index (χ1v) is 5.86. The molecule has 0 N–H and O–H groups in total. The molecule has 0 aliphatic rings. The first-order chi connectivity index (χ1) is 9.33. The molecule has 2 aromatic carbocycles. The Morgan fingerprint density at radius 1 is 0.950 bits per heavy atom. The van der Waals surface area contributed by atoms with Gasteiger partial charge in [-0.2, -0.15) is 0 Å². The summed E-state index contributed by atoms with van der Waals surface area (Å²) in [7, 11) is 0. The maximum atomic E-state index is 12.1. The van der Waals surface area contributed by atoms with E-state index in [0.717, 1.165) is 11.6 Å². The van der Waals surface area contributed by atoms with Crippen molar-refractivity contribution in [1.82, 2.24) is 0 Å². The average Bonchev–Trinajstić information content (AvgIpc) is 2.34. The number of rotatable bonds is 3. The van der Waals surface area contributed by atoms with Crippen LogP contribution in [-0.4, -0.2) is 6.36 Å². The summed E-state index contributed by atoms with van der Waals surface area (Å²) in [6.07, 6.45) is -4.78. The third kappa shape index (κ3) is 4.06. The molecular formula is C14H9ClF3O2. The minimum absolute atomic E-state index is 0.186.